The van der Waals surface area contributed by atoms with Crippen molar-refractivity contribution in [1.29, 1.82) is 0 Å². The molecule has 0 unspecified atom stereocenters. The molecule has 19 heavy (non-hydrogen) atoms. The van der Waals surface area contributed by atoms with Crippen molar-refractivity contribution in [1.82, 2.24) is 0 Å². The Morgan fingerprint density at radius 1 is 0.737 bits per heavy atom. The average molecular weight is 286 g/mol. The first-order valence-corrected chi connectivity index (χ1v) is 6.85. The summed E-state index contributed by atoms with van der Waals surface area (Å²) in [7, 11) is 0. The molecule has 0 heterocycles. The summed E-state index contributed by atoms with van der Waals surface area (Å²) in [5, 5.41) is 6.18. The van der Waals surface area contributed by atoms with Crippen LogP contribution in [-0.2, 0) is 6.42 Å². The van der Waals surface area contributed by atoms with Gasteiger partial charge in [-0.2, -0.15) is 0 Å². The zero-order chi connectivity index (χ0) is 13.5. The zero-order valence-electron chi connectivity index (χ0n) is 10.3. The summed E-state index contributed by atoms with van der Waals surface area (Å²) in [6, 6.07) is 16.3. The first kappa shape index (κ1) is 13.6. The highest BCUT2D eigenvalue weighted by molar-refractivity contribution is 7.79. The minimum absolute atomic E-state index is 0.818. The van der Waals surface area contributed by atoms with E-state index in [1.54, 1.807) is 0 Å². The van der Waals surface area contributed by atoms with Gasteiger partial charge in [-0.25, -0.2) is 0 Å². The van der Waals surface area contributed by atoms with E-state index in [4.69, 9.17) is 24.4 Å². The van der Waals surface area contributed by atoms with Crippen molar-refractivity contribution in [3.05, 3.63) is 59.7 Å². The van der Waals surface area contributed by atoms with Gasteiger partial charge in [-0.15, -0.1) is 0 Å². The number of hydrogen-bond donors (Lipinski definition) is 2. The number of benzene rings is 2. The lowest BCUT2D eigenvalue weighted by atomic mass is 10.0. The number of para-hydroxylation sites is 2. The van der Waals surface area contributed by atoms with Gasteiger partial charge in [0.15, 0.2) is 0 Å². The Morgan fingerprint density at radius 2 is 1.16 bits per heavy atom. The molecule has 0 aliphatic rings. The highest BCUT2D eigenvalue weighted by Gasteiger charge is 2.05. The minimum Gasteiger partial charge on any atom is -0.352 e. The summed E-state index contributed by atoms with van der Waals surface area (Å²) in [5.74, 6) is 0. The Balaban J connectivity index is 2.30. The molecular formula is C15H14N2S2. The molecule has 0 spiro atoms. The van der Waals surface area contributed by atoms with E-state index < -0.39 is 0 Å². The molecule has 0 aliphatic carbocycles. The molecular weight excluding hydrogens is 272 g/mol. The quantitative estimate of drug-likeness (QED) is 0.783. The van der Waals surface area contributed by atoms with E-state index in [9.17, 15) is 0 Å². The summed E-state index contributed by atoms with van der Waals surface area (Å²) in [4.78, 5) is 0. The number of nitrogens with one attached hydrogen (secondary N) is 2. The molecule has 0 saturated heterocycles. The maximum Gasteiger partial charge on any atom is 0.0659 e. The molecule has 96 valence electrons. The predicted molar refractivity (Wildman–Crippen MR) is 90.2 cm³/mol. The van der Waals surface area contributed by atoms with E-state index >= 15 is 0 Å². The maximum atomic E-state index is 4.86. The molecule has 0 saturated carbocycles. The molecule has 2 aromatic carbocycles. The Labute approximate surface area is 123 Å². The molecule has 2 nitrogen and oxygen atoms in total. The zero-order valence-corrected chi connectivity index (χ0v) is 11.9. The van der Waals surface area contributed by atoms with Crippen molar-refractivity contribution in [2.75, 3.05) is 10.6 Å². The molecule has 0 aromatic heterocycles. The van der Waals surface area contributed by atoms with Crippen LogP contribution in [0.1, 0.15) is 11.1 Å². The van der Waals surface area contributed by atoms with Gasteiger partial charge in [0, 0.05) is 17.8 Å². The van der Waals surface area contributed by atoms with Gasteiger partial charge in [-0.05, 0) is 23.3 Å². The topological polar surface area (TPSA) is 24.1 Å². The third kappa shape index (κ3) is 3.59. The van der Waals surface area contributed by atoms with Crippen LogP contribution in [0.15, 0.2) is 48.5 Å². The number of rotatable bonds is 6. The first-order valence-electron chi connectivity index (χ1n) is 5.91. The van der Waals surface area contributed by atoms with Crippen LogP contribution in [0.3, 0.4) is 0 Å². The molecule has 0 amide bonds. The van der Waals surface area contributed by atoms with E-state index in [2.05, 4.69) is 22.8 Å². The second-order valence-corrected chi connectivity index (χ2v) is 4.49. The largest absolute Gasteiger partial charge is 0.352 e. The van der Waals surface area contributed by atoms with Crippen LogP contribution in [0.25, 0.3) is 0 Å². The summed E-state index contributed by atoms with van der Waals surface area (Å²) in [5.41, 5.74) is 7.52. The van der Waals surface area contributed by atoms with Crippen LogP contribution in [0.5, 0.6) is 0 Å². The Morgan fingerprint density at radius 3 is 1.58 bits per heavy atom. The van der Waals surface area contributed by atoms with Gasteiger partial charge in [-0.1, -0.05) is 60.8 Å². The third-order valence-corrected chi connectivity index (χ3v) is 3.08. The molecule has 0 bridgehead atoms. The fourth-order valence-electron chi connectivity index (χ4n) is 1.96. The summed E-state index contributed by atoms with van der Waals surface area (Å²) >= 11 is 9.72. The van der Waals surface area contributed by atoms with Gasteiger partial charge < -0.3 is 10.6 Å². The highest BCUT2D eigenvalue weighted by atomic mass is 32.1. The highest BCUT2D eigenvalue weighted by Crippen LogP contribution is 2.23. The fraction of sp³-hybridized carbons (Fsp3) is 0.0667. The van der Waals surface area contributed by atoms with E-state index in [1.165, 1.54) is 22.1 Å². The molecule has 0 fully saturated rings. The van der Waals surface area contributed by atoms with Gasteiger partial charge in [0.05, 0.1) is 11.0 Å². The monoisotopic (exact) mass is 286 g/mol. The van der Waals surface area contributed by atoms with Gasteiger partial charge in [0.25, 0.3) is 0 Å². The fourth-order valence-corrected chi connectivity index (χ4v) is 2.22. The standard InChI is InChI=1S/C15H14N2S2/c18-10-16-14-7-3-1-5-12(14)9-13-6-2-4-8-15(13)17-11-19/h1-8,10-11H,9H2,(H,16,18)(H,17,19). The maximum absolute atomic E-state index is 4.86. The SMILES string of the molecule is S=CNc1ccccc1Cc1ccccc1NC=S. The summed E-state index contributed by atoms with van der Waals surface area (Å²) in [6.07, 6.45) is 0.818. The van der Waals surface area contributed by atoms with Crippen molar-refractivity contribution < 1.29 is 0 Å². The lowest BCUT2D eigenvalue weighted by molar-refractivity contribution is 1.20. The first-order chi connectivity index (χ1) is 9.35. The van der Waals surface area contributed by atoms with Gasteiger partial charge in [-0.3, -0.25) is 0 Å². The predicted octanol–water partition coefficient (Wildman–Crippen LogP) is 4.02. The number of thiocarbonyl (C=S) groups is 2. The van der Waals surface area contributed by atoms with Crippen LogP contribution in [0, 0.1) is 0 Å². The van der Waals surface area contributed by atoms with E-state index in [1.807, 2.05) is 36.4 Å². The van der Waals surface area contributed by atoms with Crippen molar-refractivity contribution in [3.8, 4) is 0 Å². The normalized spacial score (nSPS) is 9.68. The van der Waals surface area contributed by atoms with Gasteiger partial charge in [0.1, 0.15) is 0 Å². The molecule has 0 atom stereocenters. The average Bonchev–Trinajstić information content (AvgIpc) is 2.44. The summed E-state index contributed by atoms with van der Waals surface area (Å²) in [6.45, 7) is 0. The summed E-state index contributed by atoms with van der Waals surface area (Å²) < 4.78 is 0. The van der Waals surface area contributed by atoms with Crippen molar-refractivity contribution in [3.63, 3.8) is 0 Å². The second kappa shape index (κ2) is 6.97. The lowest BCUT2D eigenvalue weighted by Crippen LogP contribution is -2.01. The van der Waals surface area contributed by atoms with Crippen LogP contribution in [-0.4, -0.2) is 11.0 Å². The van der Waals surface area contributed by atoms with Crippen LogP contribution in [0.2, 0.25) is 0 Å². The van der Waals surface area contributed by atoms with E-state index in [0.717, 1.165) is 17.8 Å². The molecule has 2 N–H and O–H groups in total. The van der Waals surface area contributed by atoms with E-state index in [0.29, 0.717) is 0 Å². The molecule has 2 rings (SSSR count). The molecule has 2 aromatic rings. The molecule has 4 heteroatoms. The number of hydrogen-bond acceptors (Lipinski definition) is 2. The second-order valence-electron chi connectivity index (χ2n) is 4.02. The molecule has 0 aliphatic heterocycles. The Hall–Kier alpha value is -1.78. The van der Waals surface area contributed by atoms with Crippen LogP contribution in [0.4, 0.5) is 11.4 Å². The smallest absolute Gasteiger partial charge is 0.0659 e. The Kier molecular flexibility index (Phi) is 5.01. The Bertz CT molecular complexity index is 530. The third-order valence-electron chi connectivity index (χ3n) is 2.84. The van der Waals surface area contributed by atoms with Crippen molar-refractivity contribution in [2.45, 2.75) is 6.42 Å². The number of anilines is 2. The lowest BCUT2D eigenvalue weighted by Gasteiger charge is -2.12. The molecule has 0 radical (unpaired) electrons. The van der Waals surface area contributed by atoms with Gasteiger partial charge >= 0.3 is 0 Å². The van der Waals surface area contributed by atoms with Crippen molar-refractivity contribution >= 4 is 46.8 Å². The van der Waals surface area contributed by atoms with Crippen LogP contribution < -0.4 is 10.6 Å². The van der Waals surface area contributed by atoms with Gasteiger partial charge in [0.2, 0.25) is 0 Å². The van der Waals surface area contributed by atoms with Crippen LogP contribution >= 0.6 is 24.4 Å². The minimum atomic E-state index is 0.818. The van der Waals surface area contributed by atoms with Crippen molar-refractivity contribution in [2.24, 2.45) is 0 Å². The van der Waals surface area contributed by atoms with E-state index in [-0.39, 0.29) is 0 Å².